The summed E-state index contributed by atoms with van der Waals surface area (Å²) >= 11 is 5.40. The van der Waals surface area contributed by atoms with Crippen LogP contribution in [0.2, 0.25) is 0 Å². The quantitative estimate of drug-likeness (QED) is 0.896. The van der Waals surface area contributed by atoms with E-state index in [0.29, 0.717) is 5.37 Å². The first kappa shape index (κ1) is 10.3. The molecule has 1 N–H and O–H groups in total. The van der Waals surface area contributed by atoms with E-state index in [1.54, 1.807) is 7.11 Å². The van der Waals surface area contributed by atoms with Crippen LogP contribution < -0.4 is 10.1 Å². The van der Waals surface area contributed by atoms with Gasteiger partial charge in [0.2, 0.25) is 0 Å². The summed E-state index contributed by atoms with van der Waals surface area (Å²) in [7, 11) is 1.71. The Morgan fingerprint density at radius 1 is 1.57 bits per heavy atom. The second kappa shape index (κ2) is 4.55. The summed E-state index contributed by atoms with van der Waals surface area (Å²) in [4.78, 5) is 0. The van der Waals surface area contributed by atoms with E-state index in [2.05, 4.69) is 27.3 Å². The molecule has 2 rings (SSSR count). The smallest absolute Gasteiger partial charge is 0.124 e. The Balaban J connectivity index is 2.33. The van der Waals surface area contributed by atoms with Gasteiger partial charge in [0.1, 0.15) is 5.75 Å². The molecule has 0 saturated carbocycles. The monoisotopic (exact) mass is 273 g/mol. The van der Waals surface area contributed by atoms with Gasteiger partial charge in [-0.25, -0.2) is 0 Å². The molecule has 76 valence electrons. The summed E-state index contributed by atoms with van der Waals surface area (Å²) in [5.74, 6) is 2.13. The fraction of sp³-hybridized carbons (Fsp3) is 0.400. The molecule has 0 radical (unpaired) electrons. The number of nitrogens with one attached hydrogen (secondary N) is 1. The van der Waals surface area contributed by atoms with Crippen LogP contribution >= 0.6 is 27.7 Å². The first-order valence-corrected chi connectivity index (χ1v) is 6.34. The van der Waals surface area contributed by atoms with Crippen LogP contribution in [-0.4, -0.2) is 19.4 Å². The van der Waals surface area contributed by atoms with Crippen molar-refractivity contribution in [1.29, 1.82) is 0 Å². The van der Waals surface area contributed by atoms with Crippen LogP contribution in [0.15, 0.2) is 22.7 Å². The Morgan fingerprint density at radius 3 is 3.07 bits per heavy atom. The maximum absolute atomic E-state index is 5.34. The minimum atomic E-state index is 0.377. The number of hydrogen-bond acceptors (Lipinski definition) is 3. The SMILES string of the molecule is COc1ccc(Br)cc1[C@@H]1NCCS1. The molecule has 0 spiro atoms. The lowest BCUT2D eigenvalue weighted by Gasteiger charge is -2.14. The minimum absolute atomic E-state index is 0.377. The van der Waals surface area contributed by atoms with Crippen molar-refractivity contribution in [3.63, 3.8) is 0 Å². The summed E-state index contributed by atoms with van der Waals surface area (Å²) in [6.45, 7) is 1.07. The Labute approximate surface area is 96.5 Å². The lowest BCUT2D eigenvalue weighted by molar-refractivity contribution is 0.408. The second-order valence-electron chi connectivity index (χ2n) is 3.09. The first-order chi connectivity index (χ1) is 6.81. The molecule has 2 nitrogen and oxygen atoms in total. The maximum atomic E-state index is 5.34. The summed E-state index contributed by atoms with van der Waals surface area (Å²) < 4.78 is 6.44. The number of benzene rings is 1. The van der Waals surface area contributed by atoms with Crippen molar-refractivity contribution in [2.24, 2.45) is 0 Å². The normalized spacial score (nSPS) is 21.1. The van der Waals surface area contributed by atoms with Gasteiger partial charge in [0.25, 0.3) is 0 Å². The molecule has 1 aliphatic heterocycles. The molecule has 0 bridgehead atoms. The standard InChI is InChI=1S/C10H12BrNOS/c1-13-9-3-2-7(11)6-8(9)10-12-4-5-14-10/h2-3,6,10,12H,4-5H2,1H3/t10-/m1/s1. The predicted octanol–water partition coefficient (Wildman–Crippen LogP) is 2.79. The van der Waals surface area contributed by atoms with E-state index >= 15 is 0 Å². The Kier molecular flexibility index (Phi) is 3.36. The molecule has 0 aromatic heterocycles. The molecule has 0 amide bonds. The molecule has 1 atom stereocenters. The van der Waals surface area contributed by atoms with Crippen molar-refractivity contribution in [3.8, 4) is 5.75 Å². The van der Waals surface area contributed by atoms with Gasteiger partial charge in [-0.3, -0.25) is 0 Å². The van der Waals surface area contributed by atoms with Crippen molar-refractivity contribution in [3.05, 3.63) is 28.2 Å². The van der Waals surface area contributed by atoms with Crippen molar-refractivity contribution >= 4 is 27.7 Å². The number of thioether (sulfide) groups is 1. The van der Waals surface area contributed by atoms with E-state index in [-0.39, 0.29) is 0 Å². The summed E-state index contributed by atoms with van der Waals surface area (Å²) in [6.07, 6.45) is 0. The Hall–Kier alpha value is -0.190. The lowest BCUT2D eigenvalue weighted by Crippen LogP contribution is -2.12. The van der Waals surface area contributed by atoms with Gasteiger partial charge in [-0.2, -0.15) is 0 Å². The summed E-state index contributed by atoms with van der Waals surface area (Å²) in [5.41, 5.74) is 1.23. The summed E-state index contributed by atoms with van der Waals surface area (Å²) in [6, 6.07) is 6.12. The highest BCUT2D eigenvalue weighted by atomic mass is 79.9. The zero-order valence-corrected chi connectivity index (χ0v) is 10.3. The van der Waals surface area contributed by atoms with E-state index < -0.39 is 0 Å². The zero-order valence-electron chi connectivity index (χ0n) is 7.92. The highest BCUT2D eigenvalue weighted by molar-refractivity contribution is 9.10. The molecule has 4 heteroatoms. The fourth-order valence-corrected chi connectivity index (χ4v) is 2.99. The van der Waals surface area contributed by atoms with Crippen LogP contribution in [-0.2, 0) is 0 Å². The molecular weight excluding hydrogens is 262 g/mol. The number of hydrogen-bond donors (Lipinski definition) is 1. The van der Waals surface area contributed by atoms with E-state index in [0.717, 1.165) is 16.8 Å². The number of rotatable bonds is 2. The topological polar surface area (TPSA) is 21.3 Å². The highest BCUT2D eigenvalue weighted by Crippen LogP contribution is 2.36. The van der Waals surface area contributed by atoms with Crippen LogP contribution in [0.4, 0.5) is 0 Å². The van der Waals surface area contributed by atoms with Gasteiger partial charge >= 0.3 is 0 Å². The Morgan fingerprint density at radius 2 is 2.43 bits per heavy atom. The van der Waals surface area contributed by atoms with Crippen LogP contribution in [0.5, 0.6) is 5.75 Å². The van der Waals surface area contributed by atoms with Gasteiger partial charge in [-0.15, -0.1) is 11.8 Å². The van der Waals surface area contributed by atoms with Crippen molar-refractivity contribution < 1.29 is 4.74 Å². The van der Waals surface area contributed by atoms with E-state index in [4.69, 9.17) is 4.74 Å². The van der Waals surface area contributed by atoms with Gasteiger partial charge in [0.15, 0.2) is 0 Å². The van der Waals surface area contributed by atoms with Crippen LogP contribution in [0.1, 0.15) is 10.9 Å². The summed E-state index contributed by atoms with van der Waals surface area (Å²) in [5, 5.41) is 3.81. The Bertz CT molecular complexity index is 326. The molecule has 1 heterocycles. The first-order valence-electron chi connectivity index (χ1n) is 4.49. The predicted molar refractivity (Wildman–Crippen MR) is 63.9 cm³/mol. The highest BCUT2D eigenvalue weighted by Gasteiger charge is 2.20. The van der Waals surface area contributed by atoms with Gasteiger partial charge < -0.3 is 10.1 Å². The second-order valence-corrected chi connectivity index (χ2v) is 5.22. The van der Waals surface area contributed by atoms with Crippen LogP contribution in [0, 0.1) is 0 Å². The molecule has 1 saturated heterocycles. The van der Waals surface area contributed by atoms with Crippen molar-refractivity contribution in [1.82, 2.24) is 5.32 Å². The van der Waals surface area contributed by atoms with E-state index in [9.17, 15) is 0 Å². The van der Waals surface area contributed by atoms with Crippen molar-refractivity contribution in [2.45, 2.75) is 5.37 Å². The molecule has 14 heavy (non-hydrogen) atoms. The average molecular weight is 274 g/mol. The van der Waals surface area contributed by atoms with E-state index in [1.807, 2.05) is 23.9 Å². The molecule has 0 aliphatic carbocycles. The third kappa shape index (κ3) is 2.07. The van der Waals surface area contributed by atoms with Gasteiger partial charge in [-0.1, -0.05) is 15.9 Å². The van der Waals surface area contributed by atoms with Crippen LogP contribution in [0.25, 0.3) is 0 Å². The zero-order chi connectivity index (χ0) is 9.97. The molecule has 1 aromatic carbocycles. The van der Waals surface area contributed by atoms with Crippen LogP contribution in [0.3, 0.4) is 0 Å². The third-order valence-corrected chi connectivity index (χ3v) is 3.88. The van der Waals surface area contributed by atoms with Gasteiger partial charge in [0, 0.05) is 22.3 Å². The molecular formula is C10H12BrNOS. The lowest BCUT2D eigenvalue weighted by atomic mass is 10.2. The van der Waals surface area contributed by atoms with E-state index in [1.165, 1.54) is 11.3 Å². The van der Waals surface area contributed by atoms with Gasteiger partial charge in [-0.05, 0) is 18.2 Å². The molecule has 1 aromatic rings. The largest absolute Gasteiger partial charge is 0.496 e. The molecule has 1 fully saturated rings. The number of ether oxygens (including phenoxy) is 1. The van der Waals surface area contributed by atoms with Gasteiger partial charge in [0.05, 0.1) is 12.5 Å². The maximum Gasteiger partial charge on any atom is 0.124 e. The third-order valence-electron chi connectivity index (χ3n) is 2.19. The number of methoxy groups -OCH3 is 1. The number of halogens is 1. The average Bonchev–Trinajstić information content (AvgIpc) is 2.70. The van der Waals surface area contributed by atoms with Crippen molar-refractivity contribution in [2.75, 3.05) is 19.4 Å². The molecule has 1 aliphatic rings. The molecule has 0 unspecified atom stereocenters. The fourth-order valence-electron chi connectivity index (χ4n) is 1.54. The minimum Gasteiger partial charge on any atom is -0.496 e.